The fraction of sp³-hybridized carbons (Fsp3) is 0.417. The third-order valence-corrected chi connectivity index (χ3v) is 2.89. The van der Waals surface area contributed by atoms with Crippen LogP contribution in [0.15, 0.2) is 22.7 Å². The summed E-state index contributed by atoms with van der Waals surface area (Å²) in [5.74, 6) is -0.945. The minimum absolute atomic E-state index is 0.0373. The normalized spacial score (nSPS) is 10.3. The first kappa shape index (κ1) is 14.9. The Balaban J connectivity index is 2.36. The number of aliphatic hydroxyl groups is 1. The van der Waals surface area contributed by atoms with Crippen molar-refractivity contribution in [1.82, 2.24) is 0 Å². The van der Waals surface area contributed by atoms with Crippen molar-refractivity contribution >= 4 is 27.6 Å². The maximum absolute atomic E-state index is 10.7. The van der Waals surface area contributed by atoms with E-state index in [1.54, 1.807) is 18.2 Å². The van der Waals surface area contributed by atoms with Gasteiger partial charge >= 0.3 is 5.97 Å². The number of benzene rings is 1. The molecule has 1 aromatic carbocycles. The number of ether oxygens (including phenoxy) is 1. The third kappa shape index (κ3) is 5.03. The van der Waals surface area contributed by atoms with Crippen LogP contribution in [0, 0.1) is 0 Å². The standard InChI is InChI=1S/C12H16BrNO4/c13-10-8-9(12(16)17)2-3-11(10)14-4-1-6-18-7-5-15/h2-3,8,14-15H,1,4-7H2,(H,16,17). The van der Waals surface area contributed by atoms with Crippen LogP contribution in [0.5, 0.6) is 0 Å². The smallest absolute Gasteiger partial charge is 0.335 e. The van der Waals surface area contributed by atoms with Crippen molar-refractivity contribution in [2.24, 2.45) is 0 Å². The second kappa shape index (κ2) is 8.07. The fourth-order valence-corrected chi connectivity index (χ4v) is 1.87. The van der Waals surface area contributed by atoms with Crippen LogP contribution in [0.2, 0.25) is 0 Å². The topological polar surface area (TPSA) is 78.8 Å². The van der Waals surface area contributed by atoms with E-state index >= 15 is 0 Å². The Bertz CT molecular complexity index is 398. The molecule has 0 aromatic heterocycles. The zero-order valence-electron chi connectivity index (χ0n) is 9.86. The van der Waals surface area contributed by atoms with E-state index in [2.05, 4.69) is 21.2 Å². The predicted octanol–water partition coefficient (Wildman–Crippen LogP) is 1.96. The number of carboxylic acid groups (broad SMARTS) is 1. The van der Waals surface area contributed by atoms with E-state index in [-0.39, 0.29) is 12.2 Å². The number of carboxylic acids is 1. The third-order valence-electron chi connectivity index (χ3n) is 2.23. The first-order chi connectivity index (χ1) is 8.65. The van der Waals surface area contributed by atoms with E-state index in [0.29, 0.717) is 13.2 Å². The van der Waals surface area contributed by atoms with Crippen molar-refractivity contribution in [2.45, 2.75) is 6.42 Å². The van der Waals surface area contributed by atoms with Gasteiger partial charge in [-0.15, -0.1) is 0 Å². The minimum Gasteiger partial charge on any atom is -0.478 e. The number of nitrogens with one attached hydrogen (secondary N) is 1. The van der Waals surface area contributed by atoms with E-state index in [0.717, 1.165) is 23.1 Å². The van der Waals surface area contributed by atoms with Crippen LogP contribution in [-0.4, -0.2) is 42.5 Å². The van der Waals surface area contributed by atoms with Gasteiger partial charge < -0.3 is 20.3 Å². The molecule has 18 heavy (non-hydrogen) atoms. The second-order valence-corrected chi connectivity index (χ2v) is 4.47. The van der Waals surface area contributed by atoms with Gasteiger partial charge in [0.15, 0.2) is 0 Å². The molecule has 6 heteroatoms. The zero-order valence-corrected chi connectivity index (χ0v) is 11.4. The molecule has 0 atom stereocenters. The van der Waals surface area contributed by atoms with Crippen molar-refractivity contribution in [3.63, 3.8) is 0 Å². The Morgan fingerprint density at radius 2 is 2.17 bits per heavy atom. The highest BCUT2D eigenvalue weighted by atomic mass is 79.9. The number of hydrogen-bond donors (Lipinski definition) is 3. The number of aliphatic hydroxyl groups excluding tert-OH is 1. The lowest BCUT2D eigenvalue weighted by molar-refractivity contribution is 0.0697. The Hall–Kier alpha value is -1.11. The molecule has 3 N–H and O–H groups in total. The molecule has 0 unspecified atom stereocenters. The van der Waals surface area contributed by atoms with Crippen molar-refractivity contribution in [2.75, 3.05) is 31.7 Å². The fourth-order valence-electron chi connectivity index (χ4n) is 1.36. The molecule has 0 aliphatic heterocycles. The molecule has 5 nitrogen and oxygen atoms in total. The molecule has 0 aliphatic carbocycles. The molecule has 1 rings (SSSR count). The molecular formula is C12H16BrNO4. The zero-order chi connectivity index (χ0) is 13.4. The van der Waals surface area contributed by atoms with E-state index in [9.17, 15) is 4.79 Å². The summed E-state index contributed by atoms with van der Waals surface area (Å²) in [6.45, 7) is 1.70. The Morgan fingerprint density at radius 3 is 2.78 bits per heavy atom. The average Bonchev–Trinajstić information content (AvgIpc) is 2.35. The van der Waals surface area contributed by atoms with E-state index < -0.39 is 5.97 Å². The van der Waals surface area contributed by atoms with Crippen molar-refractivity contribution < 1.29 is 19.7 Å². The van der Waals surface area contributed by atoms with Gasteiger partial charge in [-0.05, 0) is 40.5 Å². The highest BCUT2D eigenvalue weighted by Gasteiger charge is 2.05. The summed E-state index contributed by atoms with van der Waals surface area (Å²) in [4.78, 5) is 10.7. The number of aromatic carboxylic acids is 1. The Labute approximate surface area is 114 Å². The molecule has 0 spiro atoms. The summed E-state index contributed by atoms with van der Waals surface area (Å²) in [5.41, 5.74) is 1.10. The van der Waals surface area contributed by atoms with Gasteiger partial charge in [0.2, 0.25) is 0 Å². The van der Waals surface area contributed by atoms with E-state index in [1.165, 1.54) is 0 Å². The molecule has 0 fully saturated rings. The molecule has 0 bridgehead atoms. The Morgan fingerprint density at radius 1 is 1.39 bits per heavy atom. The van der Waals surface area contributed by atoms with Gasteiger partial charge in [-0.25, -0.2) is 4.79 Å². The number of anilines is 1. The SMILES string of the molecule is O=C(O)c1ccc(NCCCOCCO)c(Br)c1. The lowest BCUT2D eigenvalue weighted by Crippen LogP contribution is -2.08. The predicted molar refractivity (Wildman–Crippen MR) is 72.1 cm³/mol. The van der Waals surface area contributed by atoms with Crippen LogP contribution < -0.4 is 5.32 Å². The second-order valence-electron chi connectivity index (χ2n) is 3.62. The quantitative estimate of drug-likeness (QED) is 0.639. The number of carbonyl (C=O) groups is 1. The maximum atomic E-state index is 10.7. The first-order valence-corrected chi connectivity index (χ1v) is 6.39. The van der Waals surface area contributed by atoms with E-state index in [4.69, 9.17) is 14.9 Å². The molecular weight excluding hydrogens is 302 g/mol. The summed E-state index contributed by atoms with van der Waals surface area (Å²) >= 11 is 3.32. The summed E-state index contributed by atoms with van der Waals surface area (Å²) < 4.78 is 5.84. The van der Waals surface area contributed by atoms with Crippen LogP contribution in [0.3, 0.4) is 0 Å². The molecule has 1 aromatic rings. The summed E-state index contributed by atoms with van der Waals surface area (Å²) in [6, 6.07) is 4.84. The van der Waals surface area contributed by atoms with Crippen molar-refractivity contribution in [1.29, 1.82) is 0 Å². The highest BCUT2D eigenvalue weighted by Crippen LogP contribution is 2.23. The average molecular weight is 318 g/mol. The molecule has 0 saturated carbocycles. The summed E-state index contributed by atoms with van der Waals surface area (Å²) in [7, 11) is 0. The van der Waals surface area contributed by atoms with Crippen LogP contribution in [0.4, 0.5) is 5.69 Å². The van der Waals surface area contributed by atoms with Crippen molar-refractivity contribution in [3.05, 3.63) is 28.2 Å². The highest BCUT2D eigenvalue weighted by molar-refractivity contribution is 9.10. The largest absolute Gasteiger partial charge is 0.478 e. The van der Waals surface area contributed by atoms with Crippen LogP contribution in [0.1, 0.15) is 16.8 Å². The monoisotopic (exact) mass is 317 g/mol. The number of rotatable bonds is 8. The van der Waals surface area contributed by atoms with Crippen molar-refractivity contribution in [3.8, 4) is 0 Å². The van der Waals surface area contributed by atoms with Crippen LogP contribution in [0.25, 0.3) is 0 Å². The van der Waals surface area contributed by atoms with Gasteiger partial charge in [-0.3, -0.25) is 0 Å². The first-order valence-electron chi connectivity index (χ1n) is 5.60. The van der Waals surface area contributed by atoms with Gasteiger partial charge in [-0.2, -0.15) is 0 Å². The van der Waals surface area contributed by atoms with Crippen LogP contribution in [-0.2, 0) is 4.74 Å². The molecule has 0 saturated heterocycles. The minimum atomic E-state index is -0.945. The molecule has 0 amide bonds. The number of halogens is 1. The summed E-state index contributed by atoms with van der Waals surface area (Å²) in [6.07, 6.45) is 0.813. The summed E-state index contributed by atoms with van der Waals surface area (Å²) in [5, 5.41) is 20.5. The number of hydrogen-bond acceptors (Lipinski definition) is 4. The van der Waals surface area contributed by atoms with Crippen LogP contribution >= 0.6 is 15.9 Å². The molecule has 0 radical (unpaired) electrons. The maximum Gasteiger partial charge on any atom is 0.335 e. The van der Waals surface area contributed by atoms with Gasteiger partial charge in [0, 0.05) is 23.3 Å². The van der Waals surface area contributed by atoms with E-state index in [1.807, 2.05) is 0 Å². The molecule has 100 valence electrons. The van der Waals surface area contributed by atoms with Gasteiger partial charge in [0.05, 0.1) is 18.8 Å². The molecule has 0 aliphatic rings. The Kier molecular flexibility index (Phi) is 6.70. The van der Waals surface area contributed by atoms with Gasteiger partial charge in [0.1, 0.15) is 0 Å². The lowest BCUT2D eigenvalue weighted by atomic mass is 10.2. The molecule has 0 heterocycles. The van der Waals surface area contributed by atoms with Gasteiger partial charge in [0.25, 0.3) is 0 Å². The van der Waals surface area contributed by atoms with Gasteiger partial charge in [-0.1, -0.05) is 0 Å². The lowest BCUT2D eigenvalue weighted by Gasteiger charge is -2.09.